The summed E-state index contributed by atoms with van der Waals surface area (Å²) in [5.41, 5.74) is 3.23. The van der Waals surface area contributed by atoms with Crippen LogP contribution < -0.4 is 10.6 Å². The smallest absolute Gasteiger partial charge is 0.191 e. The SMILES string of the molecule is CCCCNC(=NC)NCC1(c2ccccc2C)CC1.I. The summed E-state index contributed by atoms with van der Waals surface area (Å²) in [7, 11) is 1.84. The van der Waals surface area contributed by atoms with Crippen LogP contribution in [0.5, 0.6) is 0 Å². The van der Waals surface area contributed by atoms with Crippen molar-refractivity contribution in [3.63, 3.8) is 0 Å². The zero-order chi connectivity index (χ0) is 14.4. The molecule has 1 aliphatic rings. The first-order chi connectivity index (χ1) is 9.72. The minimum atomic E-state index is 0. The molecule has 1 fully saturated rings. The Hall–Kier alpha value is -0.780. The van der Waals surface area contributed by atoms with Gasteiger partial charge in [0, 0.05) is 25.6 Å². The van der Waals surface area contributed by atoms with Crippen LogP contribution in [0.2, 0.25) is 0 Å². The molecule has 1 aliphatic carbocycles. The lowest BCUT2D eigenvalue weighted by molar-refractivity contribution is 0.637. The number of unbranched alkanes of at least 4 members (excludes halogenated alkanes) is 1. The molecule has 0 aromatic heterocycles. The van der Waals surface area contributed by atoms with Gasteiger partial charge in [-0.05, 0) is 37.3 Å². The molecule has 0 bridgehead atoms. The van der Waals surface area contributed by atoms with Crippen LogP contribution in [-0.2, 0) is 5.41 Å². The van der Waals surface area contributed by atoms with E-state index in [0.29, 0.717) is 5.41 Å². The monoisotopic (exact) mass is 401 g/mol. The fraction of sp³-hybridized carbons (Fsp3) is 0.588. The van der Waals surface area contributed by atoms with Crippen LogP contribution in [0.4, 0.5) is 0 Å². The van der Waals surface area contributed by atoms with E-state index in [1.165, 1.54) is 36.8 Å². The molecule has 118 valence electrons. The van der Waals surface area contributed by atoms with Crippen molar-refractivity contribution in [2.24, 2.45) is 4.99 Å². The molecule has 2 rings (SSSR count). The van der Waals surface area contributed by atoms with Gasteiger partial charge in [-0.25, -0.2) is 0 Å². The molecule has 21 heavy (non-hydrogen) atoms. The molecule has 0 spiro atoms. The maximum Gasteiger partial charge on any atom is 0.191 e. The zero-order valence-electron chi connectivity index (χ0n) is 13.4. The van der Waals surface area contributed by atoms with Gasteiger partial charge >= 0.3 is 0 Å². The van der Waals surface area contributed by atoms with Crippen LogP contribution in [0.1, 0.15) is 43.7 Å². The van der Waals surface area contributed by atoms with Crippen molar-refractivity contribution in [3.8, 4) is 0 Å². The Balaban J connectivity index is 0.00000220. The lowest BCUT2D eigenvalue weighted by atomic mass is 9.92. The fourth-order valence-electron chi connectivity index (χ4n) is 2.72. The second kappa shape index (κ2) is 8.61. The number of aryl methyl sites for hydroxylation is 1. The number of halogens is 1. The third-order valence-corrected chi connectivity index (χ3v) is 4.21. The minimum Gasteiger partial charge on any atom is -0.356 e. The van der Waals surface area contributed by atoms with Gasteiger partial charge in [-0.1, -0.05) is 37.6 Å². The van der Waals surface area contributed by atoms with Crippen molar-refractivity contribution in [2.75, 3.05) is 20.1 Å². The summed E-state index contributed by atoms with van der Waals surface area (Å²) in [6.45, 7) is 6.39. The number of benzene rings is 1. The Bertz CT molecular complexity index is 467. The Morgan fingerprint density at radius 1 is 1.24 bits per heavy atom. The van der Waals surface area contributed by atoms with E-state index >= 15 is 0 Å². The van der Waals surface area contributed by atoms with Crippen molar-refractivity contribution in [1.29, 1.82) is 0 Å². The molecule has 0 saturated heterocycles. The number of hydrogen-bond donors (Lipinski definition) is 2. The van der Waals surface area contributed by atoms with Crippen molar-refractivity contribution >= 4 is 29.9 Å². The maximum absolute atomic E-state index is 4.30. The highest BCUT2D eigenvalue weighted by molar-refractivity contribution is 14.0. The number of aliphatic imine (C=N–C) groups is 1. The van der Waals surface area contributed by atoms with E-state index in [9.17, 15) is 0 Å². The van der Waals surface area contributed by atoms with Crippen molar-refractivity contribution in [2.45, 2.75) is 44.9 Å². The van der Waals surface area contributed by atoms with E-state index in [1.807, 2.05) is 7.05 Å². The minimum absolute atomic E-state index is 0. The van der Waals surface area contributed by atoms with E-state index < -0.39 is 0 Å². The Kier molecular flexibility index (Phi) is 7.49. The number of nitrogens with one attached hydrogen (secondary N) is 2. The molecule has 4 heteroatoms. The van der Waals surface area contributed by atoms with Gasteiger partial charge in [-0.15, -0.1) is 24.0 Å². The summed E-state index contributed by atoms with van der Waals surface area (Å²) in [5, 5.41) is 6.87. The number of rotatable bonds is 6. The van der Waals surface area contributed by atoms with Crippen molar-refractivity contribution in [3.05, 3.63) is 35.4 Å². The van der Waals surface area contributed by atoms with Crippen LogP contribution in [0, 0.1) is 6.92 Å². The van der Waals surface area contributed by atoms with Gasteiger partial charge in [0.1, 0.15) is 0 Å². The number of guanidine groups is 1. The van der Waals surface area contributed by atoms with E-state index in [0.717, 1.165) is 19.0 Å². The first kappa shape index (κ1) is 18.3. The lowest BCUT2D eigenvalue weighted by Crippen LogP contribution is -2.41. The molecule has 0 heterocycles. The fourth-order valence-corrected chi connectivity index (χ4v) is 2.72. The first-order valence-electron chi connectivity index (χ1n) is 7.72. The van der Waals surface area contributed by atoms with Gasteiger partial charge in [0.25, 0.3) is 0 Å². The zero-order valence-corrected chi connectivity index (χ0v) is 15.7. The first-order valence-corrected chi connectivity index (χ1v) is 7.72. The van der Waals surface area contributed by atoms with Crippen LogP contribution in [0.3, 0.4) is 0 Å². The van der Waals surface area contributed by atoms with E-state index in [-0.39, 0.29) is 24.0 Å². The summed E-state index contributed by atoms with van der Waals surface area (Å²) in [6.07, 6.45) is 4.94. The molecule has 1 aromatic carbocycles. The Labute approximate surface area is 146 Å². The number of hydrogen-bond acceptors (Lipinski definition) is 1. The maximum atomic E-state index is 4.30. The number of nitrogens with zero attached hydrogens (tertiary/aromatic N) is 1. The average Bonchev–Trinajstić information content (AvgIpc) is 3.24. The van der Waals surface area contributed by atoms with Gasteiger partial charge < -0.3 is 10.6 Å². The van der Waals surface area contributed by atoms with Gasteiger partial charge in [-0.3, -0.25) is 4.99 Å². The summed E-state index contributed by atoms with van der Waals surface area (Å²) in [6, 6.07) is 8.76. The lowest BCUT2D eigenvalue weighted by Gasteiger charge is -2.20. The molecular formula is C17H28IN3. The van der Waals surface area contributed by atoms with Crippen molar-refractivity contribution < 1.29 is 0 Å². The quantitative estimate of drug-likeness (QED) is 0.331. The Morgan fingerprint density at radius 2 is 1.95 bits per heavy atom. The van der Waals surface area contributed by atoms with Crippen LogP contribution in [-0.4, -0.2) is 26.1 Å². The van der Waals surface area contributed by atoms with E-state index in [2.05, 4.69) is 53.7 Å². The van der Waals surface area contributed by atoms with Gasteiger partial charge in [0.05, 0.1) is 0 Å². The highest BCUT2D eigenvalue weighted by Crippen LogP contribution is 2.48. The van der Waals surface area contributed by atoms with Crippen LogP contribution >= 0.6 is 24.0 Å². The summed E-state index contributed by atoms with van der Waals surface area (Å²) >= 11 is 0. The van der Waals surface area contributed by atoms with E-state index in [1.54, 1.807) is 0 Å². The molecule has 0 atom stereocenters. The summed E-state index contributed by atoms with van der Waals surface area (Å²) < 4.78 is 0. The molecule has 0 radical (unpaired) electrons. The van der Waals surface area contributed by atoms with E-state index in [4.69, 9.17) is 0 Å². The van der Waals surface area contributed by atoms with Crippen LogP contribution in [0.25, 0.3) is 0 Å². The molecule has 0 aliphatic heterocycles. The molecule has 0 amide bonds. The molecule has 3 nitrogen and oxygen atoms in total. The Morgan fingerprint density at radius 3 is 2.52 bits per heavy atom. The third-order valence-electron chi connectivity index (χ3n) is 4.21. The largest absolute Gasteiger partial charge is 0.356 e. The topological polar surface area (TPSA) is 36.4 Å². The second-order valence-electron chi connectivity index (χ2n) is 5.80. The summed E-state index contributed by atoms with van der Waals surface area (Å²) in [5.74, 6) is 0.929. The summed E-state index contributed by atoms with van der Waals surface area (Å²) in [4.78, 5) is 4.30. The van der Waals surface area contributed by atoms with Gasteiger partial charge in [-0.2, -0.15) is 0 Å². The molecule has 1 saturated carbocycles. The highest BCUT2D eigenvalue weighted by Gasteiger charge is 2.44. The van der Waals surface area contributed by atoms with Gasteiger partial charge in [0.15, 0.2) is 5.96 Å². The molecular weight excluding hydrogens is 373 g/mol. The normalized spacial score (nSPS) is 16.0. The molecule has 2 N–H and O–H groups in total. The van der Waals surface area contributed by atoms with Gasteiger partial charge in [0.2, 0.25) is 0 Å². The molecule has 0 unspecified atom stereocenters. The predicted octanol–water partition coefficient (Wildman–Crippen LogP) is 3.61. The van der Waals surface area contributed by atoms with Crippen LogP contribution in [0.15, 0.2) is 29.3 Å². The molecule has 1 aromatic rings. The highest BCUT2D eigenvalue weighted by atomic mass is 127. The van der Waals surface area contributed by atoms with Crippen molar-refractivity contribution in [1.82, 2.24) is 10.6 Å². The average molecular weight is 401 g/mol. The predicted molar refractivity (Wildman–Crippen MR) is 102 cm³/mol. The third kappa shape index (κ3) is 4.87. The standard InChI is InChI=1S/C17H27N3.HI/c1-4-5-12-19-16(18-3)20-13-17(10-11-17)15-9-7-6-8-14(15)2;/h6-9H,4-5,10-13H2,1-3H3,(H2,18,19,20);1H. The second-order valence-corrected chi connectivity index (χ2v) is 5.80.